The fraction of sp³-hybridized carbons (Fsp3) is 0.333. The highest BCUT2D eigenvalue weighted by Gasteiger charge is 2.11. The summed E-state index contributed by atoms with van der Waals surface area (Å²) in [5, 5.41) is 3.44. The molecule has 0 aliphatic heterocycles. The van der Waals surface area contributed by atoms with Crippen LogP contribution in [0.3, 0.4) is 0 Å². The standard InChI is InChI=1S/C18H22BrNO/c1-13(2)20-12-16-11-17(19)9-10-18(16)21-14(3)15-7-5-4-6-8-15/h4-11,13-14,20H,12H2,1-3H3. The summed E-state index contributed by atoms with van der Waals surface area (Å²) in [6.07, 6.45) is 0.0326. The van der Waals surface area contributed by atoms with E-state index in [1.54, 1.807) is 0 Å². The first-order chi connectivity index (χ1) is 10.1. The molecule has 0 radical (unpaired) electrons. The van der Waals surface area contributed by atoms with Gasteiger partial charge in [0.1, 0.15) is 11.9 Å². The molecule has 1 unspecified atom stereocenters. The first-order valence-corrected chi connectivity index (χ1v) is 8.09. The summed E-state index contributed by atoms with van der Waals surface area (Å²) in [7, 11) is 0. The van der Waals surface area contributed by atoms with E-state index in [9.17, 15) is 0 Å². The van der Waals surface area contributed by atoms with E-state index in [1.807, 2.05) is 30.3 Å². The van der Waals surface area contributed by atoms with Crippen molar-refractivity contribution in [2.45, 2.75) is 39.5 Å². The van der Waals surface area contributed by atoms with Crippen molar-refractivity contribution in [2.75, 3.05) is 0 Å². The van der Waals surface area contributed by atoms with Crippen LogP contribution in [0.1, 0.15) is 38.0 Å². The lowest BCUT2D eigenvalue weighted by molar-refractivity contribution is 0.224. The molecule has 1 atom stereocenters. The van der Waals surface area contributed by atoms with Crippen LogP contribution in [0.4, 0.5) is 0 Å². The molecule has 2 aromatic carbocycles. The summed E-state index contributed by atoms with van der Waals surface area (Å²) < 4.78 is 7.23. The summed E-state index contributed by atoms with van der Waals surface area (Å²) in [6.45, 7) is 7.17. The van der Waals surface area contributed by atoms with Gasteiger partial charge in [-0.25, -0.2) is 0 Å². The summed E-state index contributed by atoms with van der Waals surface area (Å²) in [5.74, 6) is 0.933. The quantitative estimate of drug-likeness (QED) is 0.785. The number of benzene rings is 2. The number of hydrogen-bond donors (Lipinski definition) is 1. The highest BCUT2D eigenvalue weighted by Crippen LogP contribution is 2.28. The fourth-order valence-corrected chi connectivity index (χ4v) is 2.51. The third-order valence-electron chi connectivity index (χ3n) is 3.30. The van der Waals surface area contributed by atoms with Crippen molar-refractivity contribution in [1.82, 2.24) is 5.32 Å². The van der Waals surface area contributed by atoms with Gasteiger partial charge in [0.25, 0.3) is 0 Å². The Labute approximate surface area is 135 Å². The fourth-order valence-electron chi connectivity index (χ4n) is 2.10. The second-order valence-electron chi connectivity index (χ2n) is 5.46. The van der Waals surface area contributed by atoms with E-state index in [2.05, 4.69) is 60.2 Å². The molecule has 0 aliphatic carbocycles. The van der Waals surface area contributed by atoms with Gasteiger partial charge in [0.05, 0.1) is 0 Å². The Morgan fingerprint density at radius 2 is 1.76 bits per heavy atom. The molecule has 0 bridgehead atoms. The molecule has 0 amide bonds. The van der Waals surface area contributed by atoms with Crippen molar-refractivity contribution < 1.29 is 4.74 Å². The topological polar surface area (TPSA) is 21.3 Å². The van der Waals surface area contributed by atoms with E-state index in [-0.39, 0.29) is 6.10 Å². The molecule has 0 spiro atoms. The number of ether oxygens (including phenoxy) is 1. The number of halogens is 1. The van der Waals surface area contributed by atoms with Crippen LogP contribution >= 0.6 is 15.9 Å². The van der Waals surface area contributed by atoms with Crippen molar-refractivity contribution in [1.29, 1.82) is 0 Å². The van der Waals surface area contributed by atoms with Gasteiger partial charge in [-0.1, -0.05) is 60.1 Å². The Hall–Kier alpha value is -1.32. The van der Waals surface area contributed by atoms with E-state index in [0.717, 1.165) is 16.8 Å². The van der Waals surface area contributed by atoms with E-state index in [1.165, 1.54) is 11.1 Å². The first-order valence-electron chi connectivity index (χ1n) is 7.29. The minimum atomic E-state index is 0.0326. The van der Waals surface area contributed by atoms with Crippen LogP contribution in [0, 0.1) is 0 Å². The lowest BCUT2D eigenvalue weighted by Crippen LogP contribution is -2.22. The van der Waals surface area contributed by atoms with Crippen molar-refractivity contribution in [3.8, 4) is 5.75 Å². The zero-order chi connectivity index (χ0) is 15.2. The normalized spacial score (nSPS) is 12.4. The molecule has 0 fully saturated rings. The largest absolute Gasteiger partial charge is 0.486 e. The van der Waals surface area contributed by atoms with Crippen LogP contribution in [0.2, 0.25) is 0 Å². The smallest absolute Gasteiger partial charge is 0.124 e. The maximum atomic E-state index is 6.16. The maximum absolute atomic E-state index is 6.16. The van der Waals surface area contributed by atoms with E-state index in [0.29, 0.717) is 6.04 Å². The SMILES string of the molecule is CC(C)NCc1cc(Br)ccc1OC(C)c1ccccc1. The zero-order valence-electron chi connectivity index (χ0n) is 12.8. The second kappa shape index (κ2) is 7.62. The minimum Gasteiger partial charge on any atom is -0.486 e. The summed E-state index contributed by atoms with van der Waals surface area (Å²) >= 11 is 3.53. The Kier molecular flexibility index (Phi) is 5.83. The molecule has 112 valence electrons. The molecule has 2 nitrogen and oxygen atoms in total. The molecule has 0 aliphatic rings. The van der Waals surface area contributed by atoms with Gasteiger partial charge in [0.2, 0.25) is 0 Å². The van der Waals surface area contributed by atoms with Crippen LogP contribution in [0.25, 0.3) is 0 Å². The Balaban J connectivity index is 2.15. The Morgan fingerprint density at radius 1 is 1.05 bits per heavy atom. The summed E-state index contributed by atoms with van der Waals surface area (Å²) in [5.41, 5.74) is 2.35. The number of nitrogens with one attached hydrogen (secondary N) is 1. The molecule has 3 heteroatoms. The lowest BCUT2D eigenvalue weighted by Gasteiger charge is -2.19. The van der Waals surface area contributed by atoms with Crippen LogP contribution in [-0.4, -0.2) is 6.04 Å². The average molecular weight is 348 g/mol. The third kappa shape index (κ3) is 4.87. The van der Waals surface area contributed by atoms with Gasteiger partial charge in [0, 0.05) is 22.6 Å². The van der Waals surface area contributed by atoms with Crippen molar-refractivity contribution >= 4 is 15.9 Å². The van der Waals surface area contributed by atoms with Crippen molar-refractivity contribution in [2.24, 2.45) is 0 Å². The van der Waals surface area contributed by atoms with E-state index >= 15 is 0 Å². The van der Waals surface area contributed by atoms with Crippen LogP contribution < -0.4 is 10.1 Å². The average Bonchev–Trinajstić information content (AvgIpc) is 2.48. The zero-order valence-corrected chi connectivity index (χ0v) is 14.4. The third-order valence-corrected chi connectivity index (χ3v) is 3.79. The monoisotopic (exact) mass is 347 g/mol. The predicted octanol–water partition coefficient (Wildman–Crippen LogP) is 5.09. The Morgan fingerprint density at radius 3 is 2.43 bits per heavy atom. The molecular weight excluding hydrogens is 326 g/mol. The molecule has 2 aromatic rings. The molecule has 2 rings (SSSR count). The van der Waals surface area contributed by atoms with Gasteiger partial charge in [0.15, 0.2) is 0 Å². The predicted molar refractivity (Wildman–Crippen MR) is 91.6 cm³/mol. The molecule has 0 heterocycles. The number of rotatable bonds is 6. The van der Waals surface area contributed by atoms with E-state index < -0.39 is 0 Å². The molecule has 0 aromatic heterocycles. The van der Waals surface area contributed by atoms with Gasteiger partial charge in [-0.2, -0.15) is 0 Å². The van der Waals surface area contributed by atoms with Gasteiger partial charge in [-0.3, -0.25) is 0 Å². The first kappa shape index (κ1) is 16.1. The lowest BCUT2D eigenvalue weighted by atomic mass is 10.1. The van der Waals surface area contributed by atoms with Crippen molar-refractivity contribution in [3.63, 3.8) is 0 Å². The second-order valence-corrected chi connectivity index (χ2v) is 6.37. The van der Waals surface area contributed by atoms with E-state index in [4.69, 9.17) is 4.74 Å². The van der Waals surface area contributed by atoms with Crippen LogP contribution in [0.5, 0.6) is 5.75 Å². The Bertz CT molecular complexity index is 569. The molecule has 0 saturated carbocycles. The molecule has 0 saturated heterocycles. The minimum absolute atomic E-state index is 0.0326. The van der Waals surface area contributed by atoms with Gasteiger partial charge < -0.3 is 10.1 Å². The van der Waals surface area contributed by atoms with Crippen LogP contribution in [-0.2, 0) is 6.54 Å². The van der Waals surface area contributed by atoms with Gasteiger partial charge in [-0.05, 0) is 30.7 Å². The van der Waals surface area contributed by atoms with Gasteiger partial charge >= 0.3 is 0 Å². The summed E-state index contributed by atoms with van der Waals surface area (Å²) in [4.78, 5) is 0. The van der Waals surface area contributed by atoms with Crippen molar-refractivity contribution in [3.05, 3.63) is 64.1 Å². The number of hydrogen-bond acceptors (Lipinski definition) is 2. The highest BCUT2D eigenvalue weighted by atomic mass is 79.9. The highest BCUT2D eigenvalue weighted by molar-refractivity contribution is 9.10. The molecular formula is C18H22BrNO. The van der Waals surface area contributed by atoms with Gasteiger partial charge in [-0.15, -0.1) is 0 Å². The van der Waals surface area contributed by atoms with Crippen LogP contribution in [0.15, 0.2) is 53.0 Å². The molecule has 1 N–H and O–H groups in total. The summed E-state index contributed by atoms with van der Waals surface area (Å²) in [6, 6.07) is 16.9. The molecule has 21 heavy (non-hydrogen) atoms. The maximum Gasteiger partial charge on any atom is 0.124 e.